The fourth-order valence-corrected chi connectivity index (χ4v) is 2.47. The van der Waals surface area contributed by atoms with E-state index in [1.54, 1.807) is 6.07 Å². The van der Waals surface area contributed by atoms with Gasteiger partial charge in [-0.15, -0.1) is 0 Å². The van der Waals surface area contributed by atoms with Crippen molar-refractivity contribution in [3.63, 3.8) is 0 Å². The van der Waals surface area contributed by atoms with Crippen molar-refractivity contribution in [2.24, 2.45) is 0 Å². The first-order valence-corrected chi connectivity index (χ1v) is 8.14. The van der Waals surface area contributed by atoms with E-state index >= 15 is 0 Å². The number of carbonyl (C=O) groups excluding carboxylic acids is 1. The molecule has 29 heavy (non-hydrogen) atoms. The third-order valence-corrected chi connectivity index (χ3v) is 3.81. The first kappa shape index (κ1) is 21.6. The summed E-state index contributed by atoms with van der Waals surface area (Å²) in [7, 11) is 4.26. The van der Waals surface area contributed by atoms with E-state index < -0.39 is 17.6 Å². The number of alkyl halides is 3. The number of benzene rings is 2. The fraction of sp³-hybridized carbons (Fsp3) is 0.200. The number of carbonyl (C=O) groups is 1. The van der Waals surface area contributed by atoms with Gasteiger partial charge in [0.15, 0.2) is 11.5 Å². The van der Waals surface area contributed by atoms with Crippen molar-refractivity contribution in [1.29, 1.82) is 5.26 Å². The molecule has 0 fully saturated rings. The van der Waals surface area contributed by atoms with Gasteiger partial charge in [0.25, 0.3) is 5.91 Å². The van der Waals surface area contributed by atoms with Crippen LogP contribution < -0.4 is 19.5 Å². The number of rotatable bonds is 6. The molecule has 0 aliphatic carbocycles. The summed E-state index contributed by atoms with van der Waals surface area (Å²) in [5.74, 6) is 0.0991. The second kappa shape index (κ2) is 9.01. The second-order valence-electron chi connectivity index (χ2n) is 5.66. The van der Waals surface area contributed by atoms with Gasteiger partial charge in [0.1, 0.15) is 11.6 Å². The highest BCUT2D eigenvalue weighted by molar-refractivity contribution is 6.09. The molecule has 0 atom stereocenters. The van der Waals surface area contributed by atoms with Gasteiger partial charge in [-0.3, -0.25) is 4.79 Å². The molecule has 2 rings (SSSR count). The Bertz CT molecular complexity index is 953. The molecular formula is C20H17F3N2O4. The summed E-state index contributed by atoms with van der Waals surface area (Å²) >= 11 is 0. The van der Waals surface area contributed by atoms with Crippen LogP contribution in [-0.2, 0) is 11.0 Å². The Labute approximate surface area is 165 Å². The lowest BCUT2D eigenvalue weighted by atomic mass is 10.1. The molecule has 2 aromatic rings. The maximum Gasteiger partial charge on any atom is 0.416 e. The molecule has 0 bridgehead atoms. The van der Waals surface area contributed by atoms with Gasteiger partial charge in [0.2, 0.25) is 5.75 Å². The fourth-order valence-electron chi connectivity index (χ4n) is 2.47. The zero-order valence-electron chi connectivity index (χ0n) is 15.8. The Morgan fingerprint density at radius 2 is 1.69 bits per heavy atom. The van der Waals surface area contributed by atoms with Gasteiger partial charge >= 0.3 is 6.18 Å². The average molecular weight is 406 g/mol. The van der Waals surface area contributed by atoms with Crippen molar-refractivity contribution in [1.82, 2.24) is 0 Å². The number of nitrogens with one attached hydrogen (secondary N) is 1. The average Bonchev–Trinajstić information content (AvgIpc) is 2.70. The minimum Gasteiger partial charge on any atom is -0.493 e. The van der Waals surface area contributed by atoms with Crippen molar-refractivity contribution in [3.8, 4) is 23.3 Å². The zero-order chi connectivity index (χ0) is 21.6. The Morgan fingerprint density at radius 1 is 1.07 bits per heavy atom. The smallest absolute Gasteiger partial charge is 0.416 e. The van der Waals surface area contributed by atoms with Gasteiger partial charge in [0, 0.05) is 5.69 Å². The number of methoxy groups -OCH3 is 3. The van der Waals surface area contributed by atoms with Crippen LogP contribution in [0.25, 0.3) is 6.08 Å². The minimum atomic E-state index is -4.55. The van der Waals surface area contributed by atoms with Gasteiger partial charge in [-0.05, 0) is 42.0 Å². The second-order valence-corrected chi connectivity index (χ2v) is 5.66. The molecule has 0 saturated heterocycles. The molecule has 0 radical (unpaired) electrons. The molecule has 9 heteroatoms. The summed E-state index contributed by atoms with van der Waals surface area (Å²) in [5, 5.41) is 11.6. The van der Waals surface area contributed by atoms with E-state index in [-0.39, 0.29) is 11.3 Å². The Morgan fingerprint density at radius 3 is 2.17 bits per heavy atom. The van der Waals surface area contributed by atoms with E-state index in [0.717, 1.165) is 18.2 Å². The van der Waals surface area contributed by atoms with Crippen LogP contribution in [0, 0.1) is 11.3 Å². The highest BCUT2D eigenvalue weighted by Crippen LogP contribution is 2.38. The molecule has 6 nitrogen and oxygen atoms in total. The van der Waals surface area contributed by atoms with Gasteiger partial charge in [0.05, 0.1) is 26.9 Å². The third-order valence-electron chi connectivity index (χ3n) is 3.81. The van der Waals surface area contributed by atoms with Crippen LogP contribution in [0.4, 0.5) is 18.9 Å². The molecule has 0 aliphatic heterocycles. The molecule has 0 saturated carbocycles. The number of nitriles is 1. The lowest BCUT2D eigenvalue weighted by Crippen LogP contribution is -2.14. The molecule has 0 aromatic heterocycles. The normalized spacial score (nSPS) is 11.4. The number of ether oxygens (including phenoxy) is 3. The van der Waals surface area contributed by atoms with Crippen molar-refractivity contribution < 1.29 is 32.2 Å². The van der Waals surface area contributed by atoms with Crippen molar-refractivity contribution >= 4 is 17.7 Å². The monoisotopic (exact) mass is 406 g/mol. The predicted molar refractivity (Wildman–Crippen MR) is 99.8 cm³/mol. The molecule has 152 valence electrons. The maximum absolute atomic E-state index is 12.8. The zero-order valence-corrected chi connectivity index (χ0v) is 15.8. The summed E-state index contributed by atoms with van der Waals surface area (Å²) in [6.45, 7) is 0. The molecule has 0 heterocycles. The summed E-state index contributed by atoms with van der Waals surface area (Å²) < 4.78 is 54.1. The summed E-state index contributed by atoms with van der Waals surface area (Å²) in [5.41, 5.74) is -0.926. The molecule has 1 amide bonds. The predicted octanol–water partition coefficient (Wildman–Crippen LogP) is 4.28. The SMILES string of the molecule is COc1cc(/C=C(\C#N)C(=O)Nc2cccc(C(F)(F)F)c2)cc(OC)c1OC. The van der Waals surface area contributed by atoms with E-state index in [9.17, 15) is 23.2 Å². The number of halogens is 3. The first-order valence-electron chi connectivity index (χ1n) is 8.14. The van der Waals surface area contributed by atoms with Crippen molar-refractivity contribution in [2.75, 3.05) is 26.6 Å². The van der Waals surface area contributed by atoms with E-state index in [1.807, 2.05) is 0 Å². The lowest BCUT2D eigenvalue weighted by Gasteiger charge is -2.13. The molecule has 0 spiro atoms. The summed E-state index contributed by atoms with van der Waals surface area (Å²) in [6.07, 6.45) is -3.29. The van der Waals surface area contributed by atoms with Crippen LogP contribution in [0.15, 0.2) is 42.0 Å². The van der Waals surface area contributed by atoms with Crippen molar-refractivity contribution in [3.05, 3.63) is 53.1 Å². The number of anilines is 1. The van der Waals surface area contributed by atoms with Crippen LogP contribution in [0.1, 0.15) is 11.1 Å². The summed E-state index contributed by atoms with van der Waals surface area (Å²) in [4.78, 5) is 12.4. The lowest BCUT2D eigenvalue weighted by molar-refractivity contribution is -0.137. The van der Waals surface area contributed by atoms with Gasteiger partial charge in [-0.2, -0.15) is 18.4 Å². The van der Waals surface area contributed by atoms with E-state index in [1.165, 1.54) is 45.6 Å². The van der Waals surface area contributed by atoms with Gasteiger partial charge in [-0.1, -0.05) is 6.07 Å². The molecule has 0 unspecified atom stereocenters. The minimum absolute atomic E-state index is 0.0872. The quantitative estimate of drug-likeness (QED) is 0.572. The molecule has 1 N–H and O–H groups in total. The standard InChI is InChI=1S/C20H17F3N2O4/c1-27-16-8-12(9-17(28-2)18(16)29-3)7-13(11-24)19(26)25-15-6-4-5-14(10-15)20(21,22)23/h4-10H,1-3H3,(H,25,26)/b13-7+. The van der Waals surface area contributed by atoms with Crippen LogP contribution in [0.2, 0.25) is 0 Å². The third kappa shape index (κ3) is 5.19. The van der Waals surface area contributed by atoms with Gasteiger partial charge in [-0.25, -0.2) is 0 Å². The first-order chi connectivity index (χ1) is 13.7. The maximum atomic E-state index is 12.8. The molecule has 2 aromatic carbocycles. The molecular weight excluding hydrogens is 389 g/mol. The van der Waals surface area contributed by atoms with Gasteiger partial charge < -0.3 is 19.5 Å². The van der Waals surface area contributed by atoms with Crippen LogP contribution in [-0.4, -0.2) is 27.2 Å². The van der Waals surface area contributed by atoms with Crippen LogP contribution >= 0.6 is 0 Å². The highest BCUT2D eigenvalue weighted by atomic mass is 19.4. The van der Waals surface area contributed by atoms with Crippen LogP contribution in [0.3, 0.4) is 0 Å². The highest BCUT2D eigenvalue weighted by Gasteiger charge is 2.30. The number of hydrogen-bond donors (Lipinski definition) is 1. The summed E-state index contributed by atoms with van der Waals surface area (Å²) in [6, 6.07) is 8.90. The van der Waals surface area contributed by atoms with Crippen LogP contribution in [0.5, 0.6) is 17.2 Å². The topological polar surface area (TPSA) is 80.6 Å². The van der Waals surface area contributed by atoms with E-state index in [2.05, 4.69) is 5.32 Å². The Kier molecular flexibility index (Phi) is 6.72. The number of hydrogen-bond acceptors (Lipinski definition) is 5. The Hall–Kier alpha value is -3.67. The number of amides is 1. The molecule has 0 aliphatic rings. The number of nitrogens with zero attached hydrogens (tertiary/aromatic N) is 1. The van der Waals surface area contributed by atoms with E-state index in [4.69, 9.17) is 14.2 Å². The van der Waals surface area contributed by atoms with E-state index in [0.29, 0.717) is 22.8 Å². The largest absolute Gasteiger partial charge is 0.493 e. The Balaban J connectivity index is 2.35. The van der Waals surface area contributed by atoms with Crippen molar-refractivity contribution in [2.45, 2.75) is 6.18 Å².